The van der Waals surface area contributed by atoms with Crippen LogP contribution in [0.25, 0.3) is 0 Å². The zero-order valence-electron chi connectivity index (χ0n) is 8.72. The van der Waals surface area contributed by atoms with Gasteiger partial charge in [-0.15, -0.1) is 12.3 Å². The maximum Gasteiger partial charge on any atom is 0.162 e. The number of unbranched alkanes of at least 4 members (excludes halogenated alkanes) is 1. The SMILES string of the molecule is C#CCCCC(=O)c1ccc(F)c(C)c1. The van der Waals surface area contributed by atoms with Gasteiger partial charge in [-0.3, -0.25) is 4.79 Å². The fourth-order valence-corrected chi connectivity index (χ4v) is 1.31. The molecule has 0 spiro atoms. The maximum atomic E-state index is 12.9. The molecule has 0 aromatic heterocycles. The number of carbonyl (C=O) groups excluding carboxylic acids is 1. The lowest BCUT2D eigenvalue weighted by atomic mass is 10.0. The number of carbonyl (C=O) groups is 1. The molecule has 0 atom stereocenters. The van der Waals surface area contributed by atoms with Crippen LogP contribution in [0.1, 0.15) is 35.2 Å². The van der Waals surface area contributed by atoms with Crippen LogP contribution >= 0.6 is 0 Å². The van der Waals surface area contributed by atoms with E-state index in [1.165, 1.54) is 12.1 Å². The molecule has 15 heavy (non-hydrogen) atoms. The molecule has 0 aliphatic carbocycles. The predicted octanol–water partition coefficient (Wildman–Crippen LogP) is 3.12. The van der Waals surface area contributed by atoms with Gasteiger partial charge in [0, 0.05) is 18.4 Å². The van der Waals surface area contributed by atoms with Crippen molar-refractivity contribution in [3.63, 3.8) is 0 Å². The van der Waals surface area contributed by atoms with Crippen molar-refractivity contribution >= 4 is 5.78 Å². The van der Waals surface area contributed by atoms with Gasteiger partial charge < -0.3 is 0 Å². The molecule has 0 aliphatic heterocycles. The quantitative estimate of drug-likeness (QED) is 0.418. The van der Waals surface area contributed by atoms with Crippen molar-refractivity contribution in [3.05, 3.63) is 35.1 Å². The Hall–Kier alpha value is -1.62. The molecule has 0 aliphatic rings. The van der Waals surface area contributed by atoms with Crippen LogP contribution in [0.4, 0.5) is 4.39 Å². The van der Waals surface area contributed by atoms with E-state index in [0.29, 0.717) is 30.4 Å². The average molecular weight is 204 g/mol. The summed E-state index contributed by atoms with van der Waals surface area (Å²) in [5.41, 5.74) is 1.06. The number of rotatable bonds is 4. The molecule has 78 valence electrons. The van der Waals surface area contributed by atoms with Crippen molar-refractivity contribution in [3.8, 4) is 12.3 Å². The van der Waals surface area contributed by atoms with Crippen molar-refractivity contribution in [2.45, 2.75) is 26.2 Å². The molecule has 1 aromatic carbocycles. The summed E-state index contributed by atoms with van der Waals surface area (Å²) in [4.78, 5) is 11.6. The van der Waals surface area contributed by atoms with E-state index in [1.54, 1.807) is 13.0 Å². The molecule has 0 radical (unpaired) electrons. The summed E-state index contributed by atoms with van der Waals surface area (Å²) in [5.74, 6) is 2.22. The largest absolute Gasteiger partial charge is 0.294 e. The van der Waals surface area contributed by atoms with Crippen molar-refractivity contribution in [1.82, 2.24) is 0 Å². The highest BCUT2D eigenvalue weighted by atomic mass is 19.1. The molecule has 1 rings (SSSR count). The van der Waals surface area contributed by atoms with E-state index in [2.05, 4.69) is 5.92 Å². The summed E-state index contributed by atoms with van der Waals surface area (Å²) < 4.78 is 12.9. The minimum atomic E-state index is -0.282. The van der Waals surface area contributed by atoms with Crippen molar-refractivity contribution in [2.75, 3.05) is 0 Å². The highest BCUT2D eigenvalue weighted by Crippen LogP contribution is 2.12. The topological polar surface area (TPSA) is 17.1 Å². The van der Waals surface area contributed by atoms with Crippen molar-refractivity contribution in [1.29, 1.82) is 0 Å². The Morgan fingerprint density at radius 1 is 1.53 bits per heavy atom. The van der Waals surface area contributed by atoms with Crippen LogP contribution in [0.3, 0.4) is 0 Å². The third-order valence-corrected chi connectivity index (χ3v) is 2.20. The molecule has 0 unspecified atom stereocenters. The number of hydrogen-bond acceptors (Lipinski definition) is 1. The highest BCUT2D eigenvalue weighted by Gasteiger charge is 2.06. The summed E-state index contributed by atoms with van der Waals surface area (Å²) in [6.45, 7) is 1.65. The smallest absolute Gasteiger partial charge is 0.162 e. The maximum absolute atomic E-state index is 12.9. The summed E-state index contributed by atoms with van der Waals surface area (Å²) in [6, 6.07) is 4.41. The van der Waals surface area contributed by atoms with Gasteiger partial charge in [-0.05, 0) is 37.1 Å². The monoisotopic (exact) mass is 204 g/mol. The van der Waals surface area contributed by atoms with Crippen LogP contribution in [-0.2, 0) is 0 Å². The Balaban J connectivity index is 2.67. The lowest BCUT2D eigenvalue weighted by Gasteiger charge is -2.01. The van der Waals surface area contributed by atoms with E-state index in [1.807, 2.05) is 0 Å². The Labute approximate surface area is 89.3 Å². The lowest BCUT2D eigenvalue weighted by Crippen LogP contribution is -1.99. The first kappa shape index (κ1) is 11.5. The Morgan fingerprint density at radius 2 is 2.27 bits per heavy atom. The Kier molecular flexibility index (Phi) is 4.05. The first-order valence-corrected chi connectivity index (χ1v) is 4.88. The number of hydrogen-bond donors (Lipinski definition) is 0. The third-order valence-electron chi connectivity index (χ3n) is 2.20. The van der Waals surface area contributed by atoms with Gasteiger partial charge in [0.1, 0.15) is 5.82 Å². The molecule has 1 nitrogen and oxygen atoms in total. The fourth-order valence-electron chi connectivity index (χ4n) is 1.31. The number of Topliss-reactive ketones (excluding diaryl/α,β-unsaturated/α-hetero) is 1. The van der Waals surface area contributed by atoms with Crippen molar-refractivity contribution in [2.24, 2.45) is 0 Å². The minimum absolute atomic E-state index is 0.0216. The second kappa shape index (κ2) is 5.31. The normalized spacial score (nSPS) is 9.67. The number of terminal acetylenes is 1. The third kappa shape index (κ3) is 3.21. The van der Waals surface area contributed by atoms with Gasteiger partial charge >= 0.3 is 0 Å². The van der Waals surface area contributed by atoms with Gasteiger partial charge in [-0.1, -0.05) is 0 Å². The Morgan fingerprint density at radius 3 is 2.87 bits per heavy atom. The van der Waals surface area contributed by atoms with Crippen LogP contribution < -0.4 is 0 Å². The van der Waals surface area contributed by atoms with Gasteiger partial charge in [-0.25, -0.2) is 4.39 Å². The van der Waals surface area contributed by atoms with E-state index in [9.17, 15) is 9.18 Å². The fraction of sp³-hybridized carbons (Fsp3) is 0.308. The van der Waals surface area contributed by atoms with Crippen molar-refractivity contribution < 1.29 is 9.18 Å². The zero-order chi connectivity index (χ0) is 11.3. The number of aryl methyl sites for hydroxylation is 1. The summed E-state index contributed by atoms with van der Waals surface area (Å²) in [6.07, 6.45) is 6.80. The van der Waals surface area contributed by atoms with Crippen LogP contribution in [0.15, 0.2) is 18.2 Å². The zero-order valence-corrected chi connectivity index (χ0v) is 8.72. The van der Waals surface area contributed by atoms with E-state index in [4.69, 9.17) is 6.42 Å². The second-order valence-electron chi connectivity index (χ2n) is 3.44. The first-order valence-electron chi connectivity index (χ1n) is 4.88. The number of halogens is 1. The molecule has 0 bridgehead atoms. The highest BCUT2D eigenvalue weighted by molar-refractivity contribution is 5.96. The van der Waals surface area contributed by atoms with Crippen LogP contribution in [0, 0.1) is 25.1 Å². The van der Waals surface area contributed by atoms with E-state index >= 15 is 0 Å². The van der Waals surface area contributed by atoms with E-state index in [-0.39, 0.29) is 11.6 Å². The van der Waals surface area contributed by atoms with Crippen LogP contribution in [-0.4, -0.2) is 5.78 Å². The summed E-state index contributed by atoms with van der Waals surface area (Å²) >= 11 is 0. The molecule has 1 aromatic rings. The summed E-state index contributed by atoms with van der Waals surface area (Å²) in [5, 5.41) is 0. The summed E-state index contributed by atoms with van der Waals surface area (Å²) in [7, 11) is 0. The van der Waals surface area contributed by atoms with E-state index < -0.39 is 0 Å². The minimum Gasteiger partial charge on any atom is -0.294 e. The van der Waals surface area contributed by atoms with Gasteiger partial charge in [0.2, 0.25) is 0 Å². The van der Waals surface area contributed by atoms with Crippen LogP contribution in [0.2, 0.25) is 0 Å². The molecule has 0 amide bonds. The van der Waals surface area contributed by atoms with Gasteiger partial charge in [0.25, 0.3) is 0 Å². The van der Waals surface area contributed by atoms with E-state index in [0.717, 1.165) is 0 Å². The number of ketones is 1. The predicted molar refractivity (Wildman–Crippen MR) is 58.2 cm³/mol. The lowest BCUT2D eigenvalue weighted by molar-refractivity contribution is 0.0980. The Bertz CT molecular complexity index is 401. The standard InChI is InChI=1S/C13H13FO/c1-3-4-5-6-13(15)11-7-8-12(14)10(2)9-11/h1,7-9H,4-6H2,2H3. The molecular weight excluding hydrogens is 191 g/mol. The molecule has 0 saturated carbocycles. The van der Waals surface area contributed by atoms with Gasteiger partial charge in [0.15, 0.2) is 5.78 Å². The molecule has 0 N–H and O–H groups in total. The molecular formula is C13H13FO. The van der Waals surface area contributed by atoms with Gasteiger partial charge in [0.05, 0.1) is 0 Å². The molecule has 0 fully saturated rings. The average Bonchev–Trinajstić information content (AvgIpc) is 2.22. The number of benzene rings is 1. The molecule has 2 heteroatoms. The van der Waals surface area contributed by atoms with Gasteiger partial charge in [-0.2, -0.15) is 0 Å². The second-order valence-corrected chi connectivity index (χ2v) is 3.44. The molecule has 0 saturated heterocycles. The molecule has 0 heterocycles. The first-order chi connectivity index (χ1) is 7.15. The van der Waals surface area contributed by atoms with Crippen LogP contribution in [0.5, 0.6) is 0 Å².